The van der Waals surface area contributed by atoms with Crippen LogP contribution < -0.4 is 0 Å². The van der Waals surface area contributed by atoms with Crippen molar-refractivity contribution >= 4 is 24.1 Å². The maximum absolute atomic E-state index is 12.0. The molecule has 0 aliphatic carbocycles. The van der Waals surface area contributed by atoms with Crippen LogP contribution in [0.25, 0.3) is 0 Å². The molecule has 0 aromatic rings. The Morgan fingerprint density at radius 2 is 1.74 bits per heavy atom. The number of carbonyl (C=O) groups excluding carboxylic acids is 1. The quantitative estimate of drug-likeness (QED) is 0.556. The summed E-state index contributed by atoms with van der Waals surface area (Å²) in [6.45, 7) is 13.2. The van der Waals surface area contributed by atoms with E-state index in [9.17, 15) is 13.2 Å². The molecule has 19 heavy (non-hydrogen) atoms. The minimum absolute atomic E-state index is 0.0737. The van der Waals surface area contributed by atoms with E-state index in [0.717, 1.165) is 0 Å². The van der Waals surface area contributed by atoms with E-state index < -0.39 is 35.3 Å². The molecule has 0 aromatic carbocycles. The first-order chi connectivity index (χ1) is 8.35. The van der Waals surface area contributed by atoms with E-state index in [0.29, 0.717) is 0 Å². The third-order valence-electron chi connectivity index (χ3n) is 3.55. The van der Waals surface area contributed by atoms with Gasteiger partial charge >= 0.3 is 5.97 Å². The largest absolute Gasteiger partial charge is 0.465 e. The summed E-state index contributed by atoms with van der Waals surface area (Å²) >= 11 is 0. The van der Waals surface area contributed by atoms with Crippen LogP contribution in [0.2, 0.25) is 18.1 Å². The molecular weight excluding hydrogens is 284 g/mol. The van der Waals surface area contributed by atoms with Crippen LogP contribution in [-0.2, 0) is 23.8 Å². The van der Waals surface area contributed by atoms with Crippen LogP contribution in [0.5, 0.6) is 0 Å². The van der Waals surface area contributed by atoms with E-state index >= 15 is 0 Å². The zero-order valence-corrected chi connectivity index (χ0v) is 14.8. The van der Waals surface area contributed by atoms with Crippen LogP contribution in [0.4, 0.5) is 0 Å². The van der Waals surface area contributed by atoms with E-state index in [-0.39, 0.29) is 11.6 Å². The van der Waals surface area contributed by atoms with Gasteiger partial charge in [0.2, 0.25) is 0 Å². The predicted molar refractivity (Wildman–Crippen MR) is 78.2 cm³/mol. The first-order valence-electron chi connectivity index (χ1n) is 6.37. The van der Waals surface area contributed by atoms with Gasteiger partial charge in [-0.1, -0.05) is 20.8 Å². The van der Waals surface area contributed by atoms with E-state index in [1.54, 1.807) is 6.92 Å². The lowest BCUT2D eigenvalue weighted by Crippen LogP contribution is -2.43. The Balaban J connectivity index is 4.77. The molecule has 0 rings (SSSR count). The fraction of sp³-hybridized carbons (Fsp3) is 0.917. The summed E-state index contributed by atoms with van der Waals surface area (Å²) in [5.74, 6) is -1.15. The fourth-order valence-electron chi connectivity index (χ4n) is 0.954. The second-order valence-electron chi connectivity index (χ2n) is 6.08. The van der Waals surface area contributed by atoms with Gasteiger partial charge in [-0.25, -0.2) is 8.42 Å². The van der Waals surface area contributed by atoms with Gasteiger partial charge in [-0.05, 0) is 32.0 Å². The number of sulfone groups is 1. The average molecular weight is 310 g/mol. The van der Waals surface area contributed by atoms with Crippen LogP contribution in [0, 0.1) is 0 Å². The molecule has 0 aromatic heterocycles. The summed E-state index contributed by atoms with van der Waals surface area (Å²) in [5, 5.41) is -1.26. The molecule has 114 valence electrons. The number of carbonyl (C=O) groups is 1. The van der Waals surface area contributed by atoms with Gasteiger partial charge < -0.3 is 9.16 Å². The number of ether oxygens (including phenoxy) is 1. The van der Waals surface area contributed by atoms with Crippen molar-refractivity contribution in [1.29, 1.82) is 0 Å². The molecule has 0 heterocycles. The molecule has 1 atom stereocenters. The molecule has 1 unspecified atom stereocenters. The summed E-state index contributed by atoms with van der Waals surface area (Å²) in [4.78, 5) is 11.5. The number of hydrogen-bond donors (Lipinski definition) is 0. The molecule has 0 saturated carbocycles. The van der Waals surface area contributed by atoms with Crippen molar-refractivity contribution in [3.63, 3.8) is 0 Å². The summed E-state index contributed by atoms with van der Waals surface area (Å²) in [5.41, 5.74) is 0. The van der Waals surface area contributed by atoms with Gasteiger partial charge in [0.25, 0.3) is 0 Å². The van der Waals surface area contributed by atoms with Crippen molar-refractivity contribution in [2.45, 2.75) is 58.0 Å². The second-order valence-corrected chi connectivity index (χ2v) is 13.2. The molecule has 5 nitrogen and oxygen atoms in total. The number of hydrogen-bond acceptors (Lipinski definition) is 5. The Bertz CT molecular complexity index is 408. The van der Waals surface area contributed by atoms with Crippen molar-refractivity contribution in [1.82, 2.24) is 0 Å². The van der Waals surface area contributed by atoms with Crippen molar-refractivity contribution < 1.29 is 22.4 Å². The molecule has 0 aliphatic rings. The minimum atomic E-state index is -3.64. The fourth-order valence-corrected chi connectivity index (χ4v) is 3.79. The summed E-state index contributed by atoms with van der Waals surface area (Å²) in [6.07, 6.45) is 0. The highest BCUT2D eigenvalue weighted by Gasteiger charge is 2.39. The van der Waals surface area contributed by atoms with E-state index in [1.165, 1.54) is 6.92 Å². The molecule has 0 amide bonds. The van der Waals surface area contributed by atoms with Crippen LogP contribution in [0.15, 0.2) is 0 Å². The first-order valence-corrected chi connectivity index (χ1v) is 11.0. The third kappa shape index (κ3) is 5.23. The van der Waals surface area contributed by atoms with Gasteiger partial charge in [-0.15, -0.1) is 0 Å². The molecule has 0 spiro atoms. The van der Waals surface area contributed by atoms with Crippen LogP contribution in [-0.4, -0.2) is 40.5 Å². The molecule has 7 heteroatoms. The Hall–Kier alpha value is -0.403. The standard InChI is InChI=1S/C12H26O5SSi/c1-8-16-11(13)10(2)18(14,15)9-17-19(6,7)12(3,4)5/h10H,8-9H2,1-7H3. The highest BCUT2D eigenvalue weighted by molar-refractivity contribution is 7.92. The maximum atomic E-state index is 12.0. The monoisotopic (exact) mass is 310 g/mol. The summed E-state index contributed by atoms with van der Waals surface area (Å²) in [7, 11) is -5.78. The SMILES string of the molecule is CCOC(=O)C(C)S(=O)(=O)CO[Si](C)(C)C(C)(C)C. The topological polar surface area (TPSA) is 69.7 Å². The predicted octanol–water partition coefficient (Wildman–Crippen LogP) is 2.33. The minimum Gasteiger partial charge on any atom is -0.465 e. The van der Waals surface area contributed by atoms with Gasteiger partial charge in [0.1, 0.15) is 5.94 Å². The molecule has 0 N–H and O–H groups in total. The maximum Gasteiger partial charge on any atom is 0.324 e. The van der Waals surface area contributed by atoms with E-state index in [1.807, 2.05) is 33.9 Å². The Kier molecular flexibility index (Phi) is 6.23. The number of esters is 1. The smallest absolute Gasteiger partial charge is 0.324 e. The summed E-state index contributed by atoms with van der Waals surface area (Å²) in [6, 6.07) is 0. The molecule has 0 aliphatic heterocycles. The van der Waals surface area contributed by atoms with Crippen LogP contribution in [0.1, 0.15) is 34.6 Å². The van der Waals surface area contributed by atoms with Crippen LogP contribution >= 0.6 is 0 Å². The highest BCUT2D eigenvalue weighted by Crippen LogP contribution is 2.36. The van der Waals surface area contributed by atoms with E-state index in [2.05, 4.69) is 0 Å². The van der Waals surface area contributed by atoms with Gasteiger partial charge in [0.05, 0.1) is 6.61 Å². The number of rotatable bonds is 6. The highest BCUT2D eigenvalue weighted by atomic mass is 32.2. The van der Waals surface area contributed by atoms with Crippen LogP contribution in [0.3, 0.4) is 0 Å². The van der Waals surface area contributed by atoms with Crippen molar-refractivity contribution in [2.75, 3.05) is 12.5 Å². The first kappa shape index (κ1) is 18.6. The molecule has 0 fully saturated rings. The Labute approximate surface area is 117 Å². The molecular formula is C12H26O5SSi. The lowest BCUT2D eigenvalue weighted by atomic mass is 10.2. The lowest BCUT2D eigenvalue weighted by molar-refractivity contribution is -0.142. The third-order valence-corrected chi connectivity index (χ3v) is 9.95. The molecule has 0 radical (unpaired) electrons. The van der Waals surface area contributed by atoms with Crippen molar-refractivity contribution in [2.24, 2.45) is 0 Å². The lowest BCUT2D eigenvalue weighted by Gasteiger charge is -2.36. The average Bonchev–Trinajstić information content (AvgIpc) is 2.24. The van der Waals surface area contributed by atoms with Crippen molar-refractivity contribution in [3.05, 3.63) is 0 Å². The van der Waals surface area contributed by atoms with Crippen molar-refractivity contribution in [3.8, 4) is 0 Å². The second kappa shape index (κ2) is 6.36. The Morgan fingerprint density at radius 1 is 1.26 bits per heavy atom. The molecule has 0 saturated heterocycles. The summed E-state index contributed by atoms with van der Waals surface area (Å²) < 4.78 is 34.4. The van der Waals surface area contributed by atoms with Gasteiger partial charge in [0.15, 0.2) is 23.4 Å². The Morgan fingerprint density at radius 3 is 2.11 bits per heavy atom. The molecule has 0 bridgehead atoms. The normalized spacial score (nSPS) is 15.1. The van der Waals surface area contributed by atoms with E-state index in [4.69, 9.17) is 9.16 Å². The van der Waals surface area contributed by atoms with Gasteiger partial charge in [-0.3, -0.25) is 4.79 Å². The van der Waals surface area contributed by atoms with Gasteiger partial charge in [0, 0.05) is 0 Å². The van der Waals surface area contributed by atoms with Gasteiger partial charge in [-0.2, -0.15) is 0 Å². The zero-order valence-electron chi connectivity index (χ0n) is 12.9. The zero-order chi connectivity index (χ0) is 15.5.